The number of hydrogen-bond donors (Lipinski definition) is 1. The average Bonchev–Trinajstić information content (AvgIpc) is 2.89. The summed E-state index contributed by atoms with van der Waals surface area (Å²) >= 11 is 0. The predicted molar refractivity (Wildman–Crippen MR) is 132 cm³/mol. The van der Waals surface area contributed by atoms with Crippen LogP contribution in [-0.2, 0) is 27.8 Å². The molecule has 3 aromatic carbocycles. The maximum atomic E-state index is 13.6. The van der Waals surface area contributed by atoms with E-state index >= 15 is 0 Å². The van der Waals surface area contributed by atoms with Crippen LogP contribution < -0.4 is 10.3 Å². The van der Waals surface area contributed by atoms with Crippen LogP contribution in [0.4, 0.5) is 4.39 Å². The first-order valence-corrected chi connectivity index (χ1v) is 12.3. The molecule has 10 heteroatoms. The van der Waals surface area contributed by atoms with Gasteiger partial charge in [-0.05, 0) is 65.5 Å². The first kappa shape index (κ1) is 25.1. The Bertz CT molecular complexity index is 1570. The molecule has 1 aromatic heterocycles. The quantitative estimate of drug-likeness (QED) is 0.361. The molecule has 4 aromatic rings. The molecule has 0 fully saturated rings. The van der Waals surface area contributed by atoms with E-state index in [0.717, 1.165) is 4.31 Å². The number of methoxy groups -OCH3 is 2. The SMILES string of the molecule is COC(=O)c1ccc(S(=O)(=O)N(Cc2ccc(F)cc2)Cc2cc3ccc(OC)cc3[nH]c2=O)cc1. The molecule has 0 aliphatic rings. The number of pyridine rings is 1. The number of halogens is 1. The molecule has 0 saturated carbocycles. The summed E-state index contributed by atoms with van der Waals surface area (Å²) in [4.78, 5) is 27.3. The van der Waals surface area contributed by atoms with Gasteiger partial charge in [-0.1, -0.05) is 12.1 Å². The molecule has 186 valence electrons. The molecule has 0 bridgehead atoms. The van der Waals surface area contributed by atoms with Crippen molar-refractivity contribution in [1.82, 2.24) is 9.29 Å². The highest BCUT2D eigenvalue weighted by atomic mass is 32.2. The van der Waals surface area contributed by atoms with Crippen molar-refractivity contribution >= 4 is 26.9 Å². The van der Waals surface area contributed by atoms with Crippen LogP contribution in [0.5, 0.6) is 5.75 Å². The Morgan fingerprint density at radius 2 is 1.64 bits per heavy atom. The van der Waals surface area contributed by atoms with E-state index in [1.165, 1.54) is 62.8 Å². The Morgan fingerprint density at radius 1 is 0.944 bits per heavy atom. The number of nitrogens with one attached hydrogen (secondary N) is 1. The van der Waals surface area contributed by atoms with Crippen LogP contribution in [0.15, 0.2) is 82.5 Å². The third-order valence-electron chi connectivity index (χ3n) is 5.66. The van der Waals surface area contributed by atoms with Crippen molar-refractivity contribution in [2.45, 2.75) is 18.0 Å². The lowest BCUT2D eigenvalue weighted by atomic mass is 10.1. The lowest BCUT2D eigenvalue weighted by Crippen LogP contribution is -2.32. The molecule has 1 N–H and O–H groups in total. The van der Waals surface area contributed by atoms with Crippen molar-refractivity contribution < 1.29 is 27.1 Å². The fraction of sp³-hybridized carbons (Fsp3) is 0.154. The highest BCUT2D eigenvalue weighted by Crippen LogP contribution is 2.23. The topological polar surface area (TPSA) is 106 Å². The van der Waals surface area contributed by atoms with E-state index < -0.39 is 27.4 Å². The van der Waals surface area contributed by atoms with E-state index in [1.807, 2.05) is 0 Å². The van der Waals surface area contributed by atoms with Crippen LogP contribution in [0.3, 0.4) is 0 Å². The summed E-state index contributed by atoms with van der Waals surface area (Å²) in [5.41, 5.74) is 1.06. The average molecular weight is 511 g/mol. The van der Waals surface area contributed by atoms with Crippen molar-refractivity contribution in [1.29, 1.82) is 0 Å². The second kappa shape index (κ2) is 10.3. The number of H-pyrrole nitrogens is 1. The van der Waals surface area contributed by atoms with E-state index in [9.17, 15) is 22.4 Å². The van der Waals surface area contributed by atoms with Gasteiger partial charge in [0.25, 0.3) is 5.56 Å². The number of carbonyl (C=O) groups is 1. The van der Waals surface area contributed by atoms with Crippen molar-refractivity contribution in [3.05, 3.63) is 106 Å². The van der Waals surface area contributed by atoms with Gasteiger partial charge in [-0.3, -0.25) is 4.79 Å². The summed E-state index contributed by atoms with van der Waals surface area (Å²) in [5.74, 6) is -0.476. The first-order chi connectivity index (χ1) is 17.2. The van der Waals surface area contributed by atoms with E-state index in [4.69, 9.17) is 4.74 Å². The normalized spacial score (nSPS) is 11.6. The van der Waals surface area contributed by atoms with Crippen molar-refractivity contribution in [3.63, 3.8) is 0 Å². The zero-order valence-electron chi connectivity index (χ0n) is 19.5. The number of aromatic amines is 1. The van der Waals surface area contributed by atoms with Crippen LogP contribution in [0.25, 0.3) is 10.9 Å². The zero-order chi connectivity index (χ0) is 25.9. The molecular formula is C26H23FN2O6S. The van der Waals surface area contributed by atoms with Crippen LogP contribution in [0.2, 0.25) is 0 Å². The van der Waals surface area contributed by atoms with Crippen LogP contribution in [0, 0.1) is 5.82 Å². The van der Waals surface area contributed by atoms with Gasteiger partial charge in [0.2, 0.25) is 10.0 Å². The standard InChI is InChI=1S/C26H23FN2O6S/c1-34-22-10-5-19-13-20(25(30)28-24(19)14-22)16-29(15-17-3-8-21(27)9-4-17)36(32,33)23-11-6-18(7-12-23)26(31)35-2/h3-14H,15-16H2,1-2H3,(H,28,30). The molecule has 0 unspecified atom stereocenters. The number of carbonyl (C=O) groups excluding carboxylic acids is 1. The van der Waals surface area contributed by atoms with E-state index in [1.54, 1.807) is 24.3 Å². The largest absolute Gasteiger partial charge is 0.497 e. The summed E-state index contributed by atoms with van der Waals surface area (Å²) in [6.45, 7) is -0.350. The van der Waals surface area contributed by atoms with E-state index in [-0.39, 0.29) is 29.1 Å². The fourth-order valence-electron chi connectivity index (χ4n) is 3.71. The number of fused-ring (bicyclic) bond motifs is 1. The fourth-order valence-corrected chi connectivity index (χ4v) is 5.12. The molecule has 0 saturated heterocycles. The summed E-state index contributed by atoms with van der Waals surface area (Å²) in [6.07, 6.45) is 0. The molecule has 0 radical (unpaired) electrons. The number of rotatable bonds is 8. The lowest BCUT2D eigenvalue weighted by molar-refractivity contribution is 0.0600. The molecule has 8 nitrogen and oxygen atoms in total. The number of sulfonamides is 1. The Labute approximate surface area is 207 Å². The van der Waals surface area contributed by atoms with Crippen molar-refractivity contribution in [2.24, 2.45) is 0 Å². The summed E-state index contributed by atoms with van der Waals surface area (Å²) in [6, 6.07) is 17.5. The highest BCUT2D eigenvalue weighted by molar-refractivity contribution is 7.89. The second-order valence-corrected chi connectivity index (χ2v) is 9.93. The Balaban J connectivity index is 1.74. The molecule has 36 heavy (non-hydrogen) atoms. The van der Waals surface area contributed by atoms with Gasteiger partial charge in [-0.15, -0.1) is 0 Å². The maximum absolute atomic E-state index is 13.6. The number of ether oxygens (including phenoxy) is 2. The van der Waals surface area contributed by atoms with Crippen LogP contribution in [0.1, 0.15) is 21.5 Å². The third kappa shape index (κ3) is 5.29. The van der Waals surface area contributed by atoms with Gasteiger partial charge in [0.05, 0.1) is 30.2 Å². The smallest absolute Gasteiger partial charge is 0.337 e. The van der Waals surface area contributed by atoms with E-state index in [0.29, 0.717) is 22.2 Å². The Kier molecular flexibility index (Phi) is 7.18. The highest BCUT2D eigenvalue weighted by Gasteiger charge is 2.26. The summed E-state index contributed by atoms with van der Waals surface area (Å²) in [7, 11) is -1.37. The van der Waals surface area contributed by atoms with Crippen LogP contribution in [-0.4, -0.2) is 37.9 Å². The molecule has 4 rings (SSSR count). The zero-order valence-corrected chi connectivity index (χ0v) is 20.3. The molecule has 0 aliphatic carbocycles. The molecule has 1 heterocycles. The lowest BCUT2D eigenvalue weighted by Gasteiger charge is -2.22. The number of hydrogen-bond acceptors (Lipinski definition) is 6. The minimum atomic E-state index is -4.12. The third-order valence-corrected chi connectivity index (χ3v) is 7.47. The first-order valence-electron chi connectivity index (χ1n) is 10.8. The van der Waals surface area contributed by atoms with Gasteiger partial charge in [0.15, 0.2) is 0 Å². The molecular weight excluding hydrogens is 487 g/mol. The Morgan fingerprint density at radius 3 is 2.28 bits per heavy atom. The van der Waals surface area contributed by atoms with Crippen LogP contribution >= 0.6 is 0 Å². The number of aromatic nitrogens is 1. The van der Waals surface area contributed by atoms with Gasteiger partial charge >= 0.3 is 5.97 Å². The maximum Gasteiger partial charge on any atom is 0.337 e. The number of nitrogens with zero attached hydrogens (tertiary/aromatic N) is 1. The molecule has 0 amide bonds. The number of benzene rings is 3. The minimum Gasteiger partial charge on any atom is -0.497 e. The molecule has 0 spiro atoms. The monoisotopic (exact) mass is 510 g/mol. The van der Waals surface area contributed by atoms with Gasteiger partial charge in [-0.25, -0.2) is 17.6 Å². The summed E-state index contributed by atoms with van der Waals surface area (Å²) < 4.78 is 51.7. The molecule has 0 aliphatic heterocycles. The van der Waals surface area contributed by atoms with Crippen molar-refractivity contribution in [2.75, 3.05) is 14.2 Å². The van der Waals surface area contributed by atoms with Gasteiger partial charge in [0.1, 0.15) is 11.6 Å². The second-order valence-electron chi connectivity index (χ2n) is 7.99. The molecule has 0 atom stereocenters. The van der Waals surface area contributed by atoms with Gasteiger partial charge in [-0.2, -0.15) is 4.31 Å². The minimum absolute atomic E-state index is 0.0702. The van der Waals surface area contributed by atoms with Gasteiger partial charge in [0, 0.05) is 24.7 Å². The number of esters is 1. The van der Waals surface area contributed by atoms with E-state index in [2.05, 4.69) is 9.72 Å². The predicted octanol–water partition coefficient (Wildman–Crippen LogP) is 3.85. The van der Waals surface area contributed by atoms with Crippen molar-refractivity contribution in [3.8, 4) is 5.75 Å². The Hall–Kier alpha value is -4.02. The summed E-state index contributed by atoms with van der Waals surface area (Å²) in [5, 5.41) is 0.701. The van der Waals surface area contributed by atoms with Gasteiger partial charge < -0.3 is 14.5 Å².